The van der Waals surface area contributed by atoms with Gasteiger partial charge in [0.05, 0.1) is 23.8 Å². The van der Waals surface area contributed by atoms with Crippen LogP contribution in [-0.4, -0.2) is 72.4 Å². The molecule has 2 aliphatic rings. The van der Waals surface area contributed by atoms with Crippen molar-refractivity contribution in [1.29, 1.82) is 0 Å². The number of hydrogen-bond acceptors (Lipinski definition) is 9. The third kappa shape index (κ3) is 4.46. The number of anilines is 1. The molecule has 32 heavy (non-hydrogen) atoms. The average Bonchev–Trinajstić information content (AvgIpc) is 3.15. The van der Waals surface area contributed by atoms with Crippen molar-refractivity contribution in [2.45, 2.75) is 49.0 Å². The van der Waals surface area contributed by atoms with Crippen LogP contribution in [0.2, 0.25) is 5.02 Å². The van der Waals surface area contributed by atoms with Crippen molar-refractivity contribution in [3.05, 3.63) is 29.1 Å². The van der Waals surface area contributed by atoms with E-state index < -0.39 is 21.4 Å². The number of rotatable bonds is 10. The van der Waals surface area contributed by atoms with Gasteiger partial charge in [0.1, 0.15) is 17.2 Å². The Hall–Kier alpha value is -1.86. The maximum absolute atomic E-state index is 13.3. The highest BCUT2D eigenvalue weighted by Gasteiger charge is 2.49. The minimum absolute atomic E-state index is 0.0571. The fourth-order valence-corrected chi connectivity index (χ4v) is 5.27. The van der Waals surface area contributed by atoms with Crippen LogP contribution in [0.4, 0.5) is 5.95 Å². The molecule has 0 aromatic carbocycles. The van der Waals surface area contributed by atoms with Gasteiger partial charge in [0.2, 0.25) is 16.0 Å². The lowest BCUT2D eigenvalue weighted by molar-refractivity contribution is 0.0950. The number of hydrogen-bond donors (Lipinski definition) is 1. The number of nitrogens with one attached hydrogen (secondary N) is 1. The van der Waals surface area contributed by atoms with E-state index in [4.69, 9.17) is 25.8 Å². The summed E-state index contributed by atoms with van der Waals surface area (Å²) < 4.78 is 47.5. The minimum Gasteiger partial charge on any atom is -0.382 e. The normalized spacial score (nSPS) is 21.9. The first-order valence-electron chi connectivity index (χ1n) is 10.4. The second-order valence-electron chi connectivity index (χ2n) is 8.20. The molecule has 3 atom stereocenters. The molecule has 11 nitrogen and oxygen atoms in total. The van der Waals surface area contributed by atoms with Crippen LogP contribution in [0.5, 0.6) is 0 Å². The Balaban J connectivity index is 1.64. The molecule has 0 amide bonds. The molecule has 0 bridgehead atoms. The summed E-state index contributed by atoms with van der Waals surface area (Å²) in [6.07, 6.45) is 4.40. The topological polar surface area (TPSA) is 130 Å². The van der Waals surface area contributed by atoms with E-state index in [1.54, 1.807) is 7.11 Å². The fraction of sp³-hybridized carbons (Fsp3) is 0.684. The smallest absolute Gasteiger partial charge is 0.240 e. The van der Waals surface area contributed by atoms with E-state index in [2.05, 4.69) is 24.9 Å². The van der Waals surface area contributed by atoms with Gasteiger partial charge in [0, 0.05) is 39.1 Å². The predicted molar refractivity (Wildman–Crippen MR) is 116 cm³/mol. The van der Waals surface area contributed by atoms with Crippen molar-refractivity contribution in [3.63, 3.8) is 0 Å². The van der Waals surface area contributed by atoms with Crippen molar-refractivity contribution in [3.8, 4) is 0 Å². The Morgan fingerprint density at radius 3 is 2.59 bits per heavy atom. The van der Waals surface area contributed by atoms with Gasteiger partial charge in [0.15, 0.2) is 5.82 Å². The zero-order chi connectivity index (χ0) is 22.9. The van der Waals surface area contributed by atoms with Gasteiger partial charge in [-0.05, 0) is 26.2 Å². The van der Waals surface area contributed by atoms with E-state index in [0.717, 1.165) is 19.3 Å². The molecule has 0 unspecified atom stereocenters. The molecule has 2 fully saturated rings. The molecule has 176 valence electrons. The quantitative estimate of drug-likeness (QED) is 0.534. The second kappa shape index (κ2) is 9.18. The molecule has 3 heterocycles. The molecular formula is C19H27ClN6O5S. The first-order chi connectivity index (χ1) is 15.3. The summed E-state index contributed by atoms with van der Waals surface area (Å²) in [5, 5.41) is 7.88. The average molecular weight is 487 g/mol. The molecule has 1 N–H and O–H groups in total. The van der Waals surface area contributed by atoms with Gasteiger partial charge in [-0.25, -0.2) is 18.4 Å². The molecule has 4 rings (SSSR count). The summed E-state index contributed by atoms with van der Waals surface area (Å²) in [5.74, 6) is 1.16. The van der Waals surface area contributed by atoms with Crippen molar-refractivity contribution >= 4 is 27.6 Å². The summed E-state index contributed by atoms with van der Waals surface area (Å²) >= 11 is 5.85. The number of nitrogens with zero attached hydrogens (tertiary/aromatic N) is 5. The van der Waals surface area contributed by atoms with E-state index in [0.29, 0.717) is 30.7 Å². The fourth-order valence-electron chi connectivity index (χ4n) is 4.04. The Morgan fingerprint density at radius 2 is 2.03 bits per heavy atom. The maximum atomic E-state index is 13.3. The van der Waals surface area contributed by atoms with Gasteiger partial charge >= 0.3 is 0 Å². The maximum Gasteiger partial charge on any atom is 0.240 e. The SMILES string of the molecule is COCC1(n2c(NS(=O)(=O)[C@@H](C)[C@H](OC)c3ncc(Cl)cn3)nnc2[C@H]2CCOC2)CC1. The van der Waals surface area contributed by atoms with Gasteiger partial charge in [-0.3, -0.25) is 9.29 Å². The highest BCUT2D eigenvalue weighted by atomic mass is 35.5. The van der Waals surface area contributed by atoms with E-state index in [1.807, 2.05) is 4.57 Å². The molecule has 0 spiro atoms. The molecule has 2 aromatic heterocycles. The van der Waals surface area contributed by atoms with Gasteiger partial charge in [-0.15, -0.1) is 10.2 Å². The molecule has 2 aromatic rings. The number of ether oxygens (including phenoxy) is 3. The Kier molecular flexibility index (Phi) is 6.68. The van der Waals surface area contributed by atoms with Crippen LogP contribution < -0.4 is 4.72 Å². The molecule has 1 saturated heterocycles. The van der Waals surface area contributed by atoms with E-state index in [-0.39, 0.29) is 23.2 Å². The lowest BCUT2D eigenvalue weighted by atomic mass is 10.1. The lowest BCUT2D eigenvalue weighted by Gasteiger charge is -2.25. The van der Waals surface area contributed by atoms with E-state index >= 15 is 0 Å². The third-order valence-corrected chi connectivity index (χ3v) is 7.88. The van der Waals surface area contributed by atoms with Gasteiger partial charge < -0.3 is 14.2 Å². The number of aromatic nitrogens is 5. The standard InChI is InChI=1S/C19H27ClN6O5S/c1-12(15(30-3)16-21-8-14(20)9-22-16)32(27,28)25-18-24-23-17(13-4-7-31-10-13)26(18)19(5-6-19)11-29-2/h8-9,12-13,15H,4-7,10-11H2,1-3H3,(H,24,25)/t12-,13-,15-/m0/s1. The lowest BCUT2D eigenvalue weighted by Crippen LogP contribution is -2.35. The number of sulfonamides is 1. The second-order valence-corrected chi connectivity index (χ2v) is 10.7. The van der Waals surface area contributed by atoms with Crippen LogP contribution in [0.3, 0.4) is 0 Å². The van der Waals surface area contributed by atoms with Crippen LogP contribution in [0, 0.1) is 0 Å². The first kappa shape index (κ1) is 23.3. The molecule has 13 heteroatoms. The van der Waals surface area contributed by atoms with Crippen molar-refractivity contribution < 1.29 is 22.6 Å². The Labute approximate surface area is 191 Å². The molecule has 1 aliphatic carbocycles. The van der Waals surface area contributed by atoms with E-state index in [1.165, 1.54) is 26.4 Å². The van der Waals surface area contributed by atoms with Crippen molar-refractivity contribution in [1.82, 2.24) is 24.7 Å². The summed E-state index contributed by atoms with van der Waals surface area (Å²) in [5.41, 5.74) is -0.364. The van der Waals surface area contributed by atoms with Crippen LogP contribution in [0.15, 0.2) is 12.4 Å². The molecule has 1 aliphatic heterocycles. The van der Waals surface area contributed by atoms with Gasteiger partial charge in [-0.1, -0.05) is 11.6 Å². The Bertz CT molecular complexity index is 1040. The summed E-state index contributed by atoms with van der Waals surface area (Å²) in [6.45, 7) is 3.14. The third-order valence-electron chi connectivity index (χ3n) is 6.00. The highest BCUT2D eigenvalue weighted by molar-refractivity contribution is 7.93. The molecular weight excluding hydrogens is 460 g/mol. The van der Waals surface area contributed by atoms with Gasteiger partial charge in [-0.2, -0.15) is 0 Å². The zero-order valence-electron chi connectivity index (χ0n) is 18.2. The summed E-state index contributed by atoms with van der Waals surface area (Å²) in [4.78, 5) is 8.23. The monoisotopic (exact) mass is 486 g/mol. The van der Waals surface area contributed by atoms with Crippen LogP contribution in [0.25, 0.3) is 0 Å². The van der Waals surface area contributed by atoms with Crippen molar-refractivity contribution in [2.75, 3.05) is 38.8 Å². The number of methoxy groups -OCH3 is 2. The molecule has 0 radical (unpaired) electrons. The zero-order valence-corrected chi connectivity index (χ0v) is 19.8. The van der Waals surface area contributed by atoms with Gasteiger partial charge in [0.25, 0.3) is 0 Å². The highest BCUT2D eigenvalue weighted by Crippen LogP contribution is 2.47. The largest absolute Gasteiger partial charge is 0.382 e. The van der Waals surface area contributed by atoms with E-state index in [9.17, 15) is 8.42 Å². The Morgan fingerprint density at radius 1 is 1.31 bits per heavy atom. The molecule has 1 saturated carbocycles. The summed E-state index contributed by atoms with van der Waals surface area (Å²) in [7, 11) is -0.908. The first-order valence-corrected chi connectivity index (χ1v) is 12.3. The van der Waals surface area contributed by atoms with Crippen molar-refractivity contribution in [2.24, 2.45) is 0 Å². The summed E-state index contributed by atoms with van der Waals surface area (Å²) in [6, 6.07) is 0. The van der Waals surface area contributed by atoms with Crippen LogP contribution in [0.1, 0.15) is 49.9 Å². The predicted octanol–water partition coefficient (Wildman–Crippen LogP) is 1.88. The van der Waals surface area contributed by atoms with Crippen LogP contribution >= 0.6 is 11.6 Å². The van der Waals surface area contributed by atoms with Crippen LogP contribution in [-0.2, 0) is 29.8 Å². The minimum atomic E-state index is -3.95. The number of halogens is 1.